The number of nitrogens with zero attached hydrogens (tertiary/aromatic N) is 5. The van der Waals surface area contributed by atoms with Gasteiger partial charge in [-0.25, -0.2) is 4.52 Å². The minimum atomic E-state index is 0.00403. The lowest BCUT2D eigenvalue weighted by molar-refractivity contribution is 0.0992. The van der Waals surface area contributed by atoms with E-state index in [1.54, 1.807) is 34.0 Å². The van der Waals surface area contributed by atoms with Crippen molar-refractivity contribution in [3.63, 3.8) is 0 Å². The fraction of sp³-hybridized carbons (Fsp3) is 0.286. The van der Waals surface area contributed by atoms with Crippen molar-refractivity contribution in [1.29, 1.82) is 0 Å². The second-order valence-electron chi connectivity index (χ2n) is 4.75. The number of hydrogen-bond donors (Lipinski definition) is 0. The molecule has 0 saturated heterocycles. The fourth-order valence-corrected chi connectivity index (χ4v) is 3.06. The predicted octanol–water partition coefficient (Wildman–Crippen LogP) is 2.21. The van der Waals surface area contributed by atoms with Crippen LogP contribution >= 0.6 is 15.9 Å². The van der Waals surface area contributed by atoms with Crippen LogP contribution in [0.25, 0.3) is 5.52 Å². The van der Waals surface area contributed by atoms with Gasteiger partial charge in [0, 0.05) is 19.4 Å². The van der Waals surface area contributed by atoms with E-state index >= 15 is 0 Å². The van der Waals surface area contributed by atoms with E-state index in [0.717, 1.165) is 27.8 Å². The van der Waals surface area contributed by atoms with E-state index in [9.17, 15) is 4.79 Å². The van der Waals surface area contributed by atoms with Crippen molar-refractivity contribution in [1.82, 2.24) is 24.4 Å². The Morgan fingerprint density at radius 3 is 2.90 bits per heavy atom. The maximum atomic E-state index is 12.5. The van der Waals surface area contributed by atoms with Crippen LogP contribution in [0, 0.1) is 0 Å². The molecule has 0 unspecified atom stereocenters. The Bertz CT molecular complexity index is 820. The van der Waals surface area contributed by atoms with Gasteiger partial charge in [-0.3, -0.25) is 14.5 Å². The highest BCUT2D eigenvalue weighted by Crippen LogP contribution is 2.23. The summed E-state index contributed by atoms with van der Waals surface area (Å²) in [5.41, 5.74) is 3.13. The molecule has 0 amide bonds. The normalized spacial score (nSPS) is 11.2. The smallest absolute Gasteiger partial charge is 0.172 e. The molecule has 0 spiro atoms. The summed E-state index contributed by atoms with van der Waals surface area (Å²) < 4.78 is 4.32. The Kier molecular flexibility index (Phi) is 3.59. The highest BCUT2D eigenvalue weighted by atomic mass is 79.9. The molecular weight excluding hydrogens is 334 g/mol. The van der Waals surface area contributed by atoms with Gasteiger partial charge in [0.05, 0.1) is 45.8 Å². The van der Waals surface area contributed by atoms with Crippen molar-refractivity contribution < 1.29 is 4.79 Å². The van der Waals surface area contributed by atoms with Crippen molar-refractivity contribution in [3.05, 3.63) is 46.2 Å². The topological polar surface area (TPSA) is 65.1 Å². The maximum Gasteiger partial charge on any atom is 0.172 e. The minimum absolute atomic E-state index is 0.00403. The van der Waals surface area contributed by atoms with Gasteiger partial charge >= 0.3 is 0 Å². The van der Waals surface area contributed by atoms with E-state index in [4.69, 9.17) is 0 Å². The van der Waals surface area contributed by atoms with Gasteiger partial charge in [-0.05, 0) is 22.4 Å². The second kappa shape index (κ2) is 5.40. The van der Waals surface area contributed by atoms with E-state index in [0.29, 0.717) is 5.56 Å². The molecule has 0 aliphatic heterocycles. The summed E-state index contributed by atoms with van der Waals surface area (Å²) >= 11 is 3.54. The number of carbonyl (C=O) groups is 1. The first-order chi connectivity index (χ1) is 10.1. The predicted molar refractivity (Wildman–Crippen MR) is 81.3 cm³/mol. The zero-order valence-corrected chi connectivity index (χ0v) is 13.3. The number of hydrogen-bond acceptors (Lipinski definition) is 4. The van der Waals surface area contributed by atoms with Gasteiger partial charge in [-0.15, -0.1) is 0 Å². The summed E-state index contributed by atoms with van der Waals surface area (Å²) in [6.07, 6.45) is 7.70. The number of rotatable bonds is 4. The van der Waals surface area contributed by atoms with Crippen LogP contribution in [0.2, 0.25) is 0 Å². The standard InChI is InChI=1S/C14H14BrN5O/c1-3-10-14(15)11(19(2)18-10)6-13(21)9-7-17-20-5-4-16-8-12(9)20/h4-5,7-8H,3,6H2,1-2H3. The molecule has 6 nitrogen and oxygen atoms in total. The Morgan fingerprint density at radius 1 is 1.38 bits per heavy atom. The molecule has 0 aromatic carbocycles. The Morgan fingerprint density at radius 2 is 2.19 bits per heavy atom. The van der Waals surface area contributed by atoms with Gasteiger partial charge < -0.3 is 0 Å². The number of ketones is 1. The first-order valence-corrected chi connectivity index (χ1v) is 7.42. The third kappa shape index (κ3) is 2.37. The fourth-order valence-electron chi connectivity index (χ4n) is 2.31. The van der Waals surface area contributed by atoms with Crippen LogP contribution in [0.5, 0.6) is 0 Å². The molecule has 0 N–H and O–H groups in total. The number of fused-ring (bicyclic) bond motifs is 1. The van der Waals surface area contributed by atoms with Gasteiger partial charge in [0.2, 0.25) is 0 Å². The molecule has 7 heteroatoms. The number of Topliss-reactive ketones (excluding diaryl/α,β-unsaturated/α-hetero) is 1. The lowest BCUT2D eigenvalue weighted by Gasteiger charge is -2.02. The van der Waals surface area contributed by atoms with E-state index in [-0.39, 0.29) is 12.2 Å². The van der Waals surface area contributed by atoms with Crippen molar-refractivity contribution in [2.24, 2.45) is 7.05 Å². The van der Waals surface area contributed by atoms with E-state index in [2.05, 4.69) is 31.1 Å². The van der Waals surface area contributed by atoms with Crippen LogP contribution in [-0.4, -0.2) is 30.2 Å². The summed E-state index contributed by atoms with van der Waals surface area (Å²) in [5, 5.41) is 8.58. The molecule has 0 atom stereocenters. The summed E-state index contributed by atoms with van der Waals surface area (Å²) in [7, 11) is 1.85. The van der Waals surface area contributed by atoms with Crippen LogP contribution < -0.4 is 0 Å². The highest BCUT2D eigenvalue weighted by molar-refractivity contribution is 9.10. The lowest BCUT2D eigenvalue weighted by atomic mass is 10.1. The molecule has 0 aliphatic carbocycles. The molecule has 0 aliphatic rings. The number of aryl methyl sites for hydroxylation is 2. The summed E-state index contributed by atoms with van der Waals surface area (Å²) in [6.45, 7) is 2.04. The zero-order valence-electron chi connectivity index (χ0n) is 11.7. The van der Waals surface area contributed by atoms with Crippen LogP contribution in [0.15, 0.2) is 29.3 Å². The van der Waals surface area contributed by atoms with Gasteiger partial charge in [0.25, 0.3) is 0 Å². The van der Waals surface area contributed by atoms with Crippen molar-refractivity contribution in [2.75, 3.05) is 0 Å². The Labute approximate surface area is 129 Å². The monoisotopic (exact) mass is 347 g/mol. The van der Waals surface area contributed by atoms with Crippen LogP contribution in [-0.2, 0) is 19.9 Å². The molecule has 3 aromatic rings. The molecule has 0 fully saturated rings. The molecule has 3 aromatic heterocycles. The first-order valence-electron chi connectivity index (χ1n) is 6.62. The van der Waals surface area contributed by atoms with Gasteiger partial charge in [0.15, 0.2) is 5.78 Å². The third-order valence-corrected chi connectivity index (χ3v) is 4.37. The van der Waals surface area contributed by atoms with Crippen LogP contribution in [0.4, 0.5) is 0 Å². The Hall–Kier alpha value is -2.02. The van der Waals surface area contributed by atoms with Gasteiger partial charge in [-0.2, -0.15) is 10.2 Å². The molecular formula is C14H14BrN5O. The lowest BCUT2D eigenvalue weighted by Crippen LogP contribution is -2.08. The third-order valence-electron chi connectivity index (χ3n) is 3.46. The maximum absolute atomic E-state index is 12.5. The van der Waals surface area contributed by atoms with Gasteiger partial charge in [0.1, 0.15) is 0 Å². The van der Waals surface area contributed by atoms with E-state index < -0.39 is 0 Å². The van der Waals surface area contributed by atoms with E-state index in [1.807, 2.05) is 14.0 Å². The largest absolute Gasteiger partial charge is 0.294 e. The van der Waals surface area contributed by atoms with E-state index in [1.165, 1.54) is 0 Å². The second-order valence-corrected chi connectivity index (χ2v) is 5.54. The highest BCUT2D eigenvalue weighted by Gasteiger charge is 2.19. The van der Waals surface area contributed by atoms with Crippen molar-refractivity contribution >= 4 is 27.2 Å². The van der Waals surface area contributed by atoms with Gasteiger partial charge in [-0.1, -0.05) is 6.92 Å². The molecule has 0 radical (unpaired) electrons. The zero-order chi connectivity index (χ0) is 15.0. The summed E-state index contributed by atoms with van der Waals surface area (Å²) in [4.78, 5) is 16.6. The quantitative estimate of drug-likeness (QED) is 0.678. The molecule has 0 saturated carbocycles. The summed E-state index contributed by atoms with van der Waals surface area (Å²) in [5.74, 6) is 0.00403. The molecule has 108 valence electrons. The average molecular weight is 348 g/mol. The average Bonchev–Trinajstić information content (AvgIpc) is 3.03. The number of halogens is 1. The molecule has 3 rings (SSSR count). The molecule has 3 heterocycles. The Balaban J connectivity index is 1.95. The number of aromatic nitrogens is 5. The molecule has 0 bridgehead atoms. The first kappa shape index (κ1) is 13.9. The summed E-state index contributed by atoms with van der Waals surface area (Å²) in [6, 6.07) is 0. The number of carbonyl (C=O) groups excluding carboxylic acids is 1. The van der Waals surface area contributed by atoms with Crippen LogP contribution in [0.3, 0.4) is 0 Å². The van der Waals surface area contributed by atoms with Crippen molar-refractivity contribution in [3.8, 4) is 0 Å². The van der Waals surface area contributed by atoms with Crippen LogP contribution in [0.1, 0.15) is 28.7 Å². The molecule has 21 heavy (non-hydrogen) atoms. The minimum Gasteiger partial charge on any atom is -0.294 e. The van der Waals surface area contributed by atoms with Crippen molar-refractivity contribution in [2.45, 2.75) is 19.8 Å². The SMILES string of the molecule is CCc1nn(C)c(CC(=O)c2cnn3ccncc23)c1Br.